The molecule has 2 aromatic heterocycles. The lowest BCUT2D eigenvalue weighted by Crippen LogP contribution is -2.45. The number of amides is 2. The van der Waals surface area contributed by atoms with Gasteiger partial charge in [-0.2, -0.15) is 4.98 Å². The molecule has 0 aromatic carbocycles. The Morgan fingerprint density at radius 1 is 1.15 bits per heavy atom. The highest BCUT2D eigenvalue weighted by molar-refractivity contribution is 5.76. The standard InChI is InChI=1S/C25H35N5O4/c1-18(31)29-25(14-6-2-3-7-15-25)24-28-22(34-30-24)13-12-21(32)27-17-19-9-8-16-26-23(19)33-20-10-4-5-11-20/h8-9,16,20H,2-7,10-15,17H2,1H3,(H,27,32)(H,29,31). The Kier molecular flexibility index (Phi) is 8.13. The lowest BCUT2D eigenvalue weighted by atomic mass is 9.89. The van der Waals surface area contributed by atoms with E-state index in [0.29, 0.717) is 30.6 Å². The average Bonchev–Trinajstić information content (AvgIpc) is 3.46. The van der Waals surface area contributed by atoms with Crippen LogP contribution in [0.25, 0.3) is 0 Å². The van der Waals surface area contributed by atoms with Gasteiger partial charge in [0, 0.05) is 38.1 Å². The average molecular weight is 470 g/mol. The summed E-state index contributed by atoms with van der Waals surface area (Å²) in [5, 5.41) is 10.2. The van der Waals surface area contributed by atoms with Crippen molar-refractivity contribution in [2.45, 2.75) is 102 Å². The van der Waals surface area contributed by atoms with E-state index in [1.165, 1.54) is 19.8 Å². The highest BCUT2D eigenvalue weighted by Gasteiger charge is 2.38. The zero-order valence-electron chi connectivity index (χ0n) is 20.0. The van der Waals surface area contributed by atoms with Crippen LogP contribution in [-0.2, 0) is 28.1 Å². The maximum atomic E-state index is 12.5. The fourth-order valence-electron chi connectivity index (χ4n) is 4.96. The summed E-state index contributed by atoms with van der Waals surface area (Å²) in [4.78, 5) is 33.3. The molecule has 184 valence electrons. The largest absolute Gasteiger partial charge is 0.474 e. The smallest absolute Gasteiger partial charge is 0.227 e. The van der Waals surface area contributed by atoms with Gasteiger partial charge in [0.1, 0.15) is 11.6 Å². The molecular formula is C25H35N5O4. The zero-order valence-corrected chi connectivity index (χ0v) is 20.0. The summed E-state index contributed by atoms with van der Waals surface area (Å²) >= 11 is 0. The van der Waals surface area contributed by atoms with Crippen molar-refractivity contribution in [2.75, 3.05) is 0 Å². The van der Waals surface area contributed by atoms with E-state index in [9.17, 15) is 9.59 Å². The number of carbonyl (C=O) groups is 2. The van der Waals surface area contributed by atoms with Crippen LogP contribution in [0.1, 0.15) is 94.8 Å². The molecule has 2 heterocycles. The number of hydrogen-bond acceptors (Lipinski definition) is 7. The molecule has 2 saturated carbocycles. The van der Waals surface area contributed by atoms with Crippen LogP contribution >= 0.6 is 0 Å². The number of pyridine rings is 1. The molecule has 34 heavy (non-hydrogen) atoms. The predicted molar refractivity (Wildman–Crippen MR) is 125 cm³/mol. The van der Waals surface area contributed by atoms with Crippen LogP contribution < -0.4 is 15.4 Å². The van der Waals surface area contributed by atoms with E-state index in [-0.39, 0.29) is 24.3 Å². The molecule has 2 N–H and O–H groups in total. The van der Waals surface area contributed by atoms with E-state index >= 15 is 0 Å². The Morgan fingerprint density at radius 3 is 2.65 bits per heavy atom. The van der Waals surface area contributed by atoms with Crippen molar-refractivity contribution in [3.63, 3.8) is 0 Å². The van der Waals surface area contributed by atoms with Gasteiger partial charge in [-0.05, 0) is 44.6 Å². The Labute approximate surface area is 200 Å². The Morgan fingerprint density at radius 2 is 1.91 bits per heavy atom. The molecule has 2 fully saturated rings. The quantitative estimate of drug-likeness (QED) is 0.537. The molecule has 0 radical (unpaired) electrons. The van der Waals surface area contributed by atoms with Crippen molar-refractivity contribution >= 4 is 11.8 Å². The molecule has 0 atom stereocenters. The van der Waals surface area contributed by atoms with Crippen LogP contribution in [0.5, 0.6) is 5.88 Å². The Hall–Kier alpha value is -2.97. The van der Waals surface area contributed by atoms with Crippen LogP contribution in [0.2, 0.25) is 0 Å². The normalized spacial score (nSPS) is 18.3. The third-order valence-electron chi connectivity index (χ3n) is 6.74. The van der Waals surface area contributed by atoms with Crippen LogP contribution in [0.4, 0.5) is 0 Å². The summed E-state index contributed by atoms with van der Waals surface area (Å²) in [6.45, 7) is 1.87. The van der Waals surface area contributed by atoms with Crippen LogP contribution in [0.3, 0.4) is 0 Å². The summed E-state index contributed by atoms with van der Waals surface area (Å²) in [7, 11) is 0. The number of carbonyl (C=O) groups excluding carboxylic acids is 2. The molecule has 4 rings (SSSR count). The molecule has 0 aliphatic heterocycles. The topological polar surface area (TPSA) is 119 Å². The monoisotopic (exact) mass is 469 g/mol. The van der Waals surface area contributed by atoms with Crippen molar-refractivity contribution in [1.82, 2.24) is 25.8 Å². The summed E-state index contributed by atoms with van der Waals surface area (Å²) in [6, 6.07) is 3.78. The third-order valence-corrected chi connectivity index (χ3v) is 6.74. The number of ether oxygens (including phenoxy) is 1. The fourth-order valence-corrected chi connectivity index (χ4v) is 4.96. The fraction of sp³-hybridized carbons (Fsp3) is 0.640. The number of aromatic nitrogens is 3. The maximum Gasteiger partial charge on any atom is 0.227 e. The van der Waals surface area contributed by atoms with Gasteiger partial charge in [-0.25, -0.2) is 4.98 Å². The predicted octanol–water partition coefficient (Wildman–Crippen LogP) is 3.72. The van der Waals surface area contributed by atoms with E-state index in [1.54, 1.807) is 6.20 Å². The maximum absolute atomic E-state index is 12.5. The van der Waals surface area contributed by atoms with Crippen LogP contribution in [0, 0.1) is 0 Å². The highest BCUT2D eigenvalue weighted by Crippen LogP contribution is 2.34. The van der Waals surface area contributed by atoms with Crippen LogP contribution in [0.15, 0.2) is 22.9 Å². The van der Waals surface area contributed by atoms with E-state index in [2.05, 4.69) is 25.8 Å². The van der Waals surface area contributed by atoms with Gasteiger partial charge in [0.25, 0.3) is 0 Å². The molecular weight excluding hydrogens is 434 g/mol. The number of aryl methyl sites for hydroxylation is 1. The van der Waals surface area contributed by atoms with Gasteiger partial charge in [-0.15, -0.1) is 0 Å². The number of nitrogens with zero attached hydrogens (tertiary/aromatic N) is 3. The first-order chi connectivity index (χ1) is 16.5. The third kappa shape index (κ3) is 6.33. The second-order valence-electron chi connectivity index (χ2n) is 9.46. The molecule has 2 aliphatic carbocycles. The molecule has 0 unspecified atom stereocenters. The van der Waals surface area contributed by atoms with E-state index in [1.807, 2.05) is 12.1 Å². The van der Waals surface area contributed by atoms with Crippen molar-refractivity contribution < 1.29 is 18.8 Å². The van der Waals surface area contributed by atoms with Gasteiger partial charge in [-0.1, -0.05) is 36.9 Å². The van der Waals surface area contributed by atoms with Crippen LogP contribution in [-0.4, -0.2) is 33.0 Å². The molecule has 0 bridgehead atoms. The summed E-state index contributed by atoms with van der Waals surface area (Å²) < 4.78 is 11.5. The Balaban J connectivity index is 1.31. The Bertz CT molecular complexity index is 962. The molecule has 9 nitrogen and oxygen atoms in total. The van der Waals surface area contributed by atoms with Crippen molar-refractivity contribution in [2.24, 2.45) is 0 Å². The second kappa shape index (κ2) is 11.4. The van der Waals surface area contributed by atoms with Crippen molar-refractivity contribution in [3.8, 4) is 5.88 Å². The van der Waals surface area contributed by atoms with E-state index < -0.39 is 5.54 Å². The molecule has 2 aromatic rings. The summed E-state index contributed by atoms with van der Waals surface area (Å²) in [5.41, 5.74) is 0.288. The minimum Gasteiger partial charge on any atom is -0.474 e. The van der Waals surface area contributed by atoms with Gasteiger partial charge in [0.2, 0.25) is 23.6 Å². The number of nitrogens with one attached hydrogen (secondary N) is 2. The molecule has 0 spiro atoms. The van der Waals surface area contributed by atoms with E-state index in [0.717, 1.165) is 56.9 Å². The summed E-state index contributed by atoms with van der Waals surface area (Å²) in [5.74, 6) is 1.32. The number of rotatable bonds is 9. The van der Waals surface area contributed by atoms with Gasteiger partial charge in [0.05, 0.1) is 0 Å². The van der Waals surface area contributed by atoms with Gasteiger partial charge in [0.15, 0.2) is 5.82 Å². The van der Waals surface area contributed by atoms with Gasteiger partial charge < -0.3 is 19.9 Å². The first kappa shape index (κ1) is 24.2. The lowest BCUT2D eigenvalue weighted by molar-refractivity contribution is -0.122. The molecule has 2 aliphatic rings. The lowest BCUT2D eigenvalue weighted by Gasteiger charge is -2.30. The van der Waals surface area contributed by atoms with Crippen molar-refractivity contribution in [1.29, 1.82) is 0 Å². The minimum atomic E-state index is -0.581. The zero-order chi connectivity index (χ0) is 23.8. The first-order valence-corrected chi connectivity index (χ1v) is 12.5. The highest BCUT2D eigenvalue weighted by atomic mass is 16.5. The SMILES string of the molecule is CC(=O)NC1(c2noc(CCC(=O)NCc3cccnc3OC3CCCC3)n2)CCCCCC1. The van der Waals surface area contributed by atoms with Gasteiger partial charge >= 0.3 is 0 Å². The summed E-state index contributed by atoms with van der Waals surface area (Å²) in [6.07, 6.45) is 12.9. The van der Waals surface area contributed by atoms with Crippen molar-refractivity contribution in [3.05, 3.63) is 35.6 Å². The molecule has 2 amide bonds. The second-order valence-corrected chi connectivity index (χ2v) is 9.46. The minimum absolute atomic E-state index is 0.0979. The first-order valence-electron chi connectivity index (χ1n) is 12.5. The number of hydrogen-bond donors (Lipinski definition) is 2. The van der Waals surface area contributed by atoms with Gasteiger partial charge in [-0.3, -0.25) is 9.59 Å². The van der Waals surface area contributed by atoms with E-state index in [4.69, 9.17) is 9.26 Å². The molecule has 0 saturated heterocycles. The molecule has 9 heteroatoms.